The lowest BCUT2D eigenvalue weighted by Crippen LogP contribution is -2.23. The van der Waals surface area contributed by atoms with Gasteiger partial charge in [-0.05, 0) is 6.92 Å². The van der Waals surface area contributed by atoms with Crippen molar-refractivity contribution in [1.82, 2.24) is 5.32 Å². The van der Waals surface area contributed by atoms with Gasteiger partial charge in [-0.2, -0.15) is 11.8 Å². The zero-order valence-corrected chi connectivity index (χ0v) is 10.2. The van der Waals surface area contributed by atoms with Gasteiger partial charge in [0.25, 0.3) is 0 Å². The van der Waals surface area contributed by atoms with Crippen molar-refractivity contribution in [1.29, 1.82) is 0 Å². The Morgan fingerprint density at radius 1 is 1.23 bits per heavy atom. The Kier molecular flexibility index (Phi) is 7.81. The molecule has 2 nitrogen and oxygen atoms in total. The van der Waals surface area contributed by atoms with Gasteiger partial charge < -0.3 is 10.1 Å². The van der Waals surface area contributed by atoms with Crippen LogP contribution in [0.25, 0.3) is 0 Å². The number of rotatable bonds is 7. The summed E-state index contributed by atoms with van der Waals surface area (Å²) in [6.45, 7) is 12.5. The molecule has 0 aromatic carbocycles. The van der Waals surface area contributed by atoms with Crippen LogP contribution in [0.4, 0.5) is 0 Å². The van der Waals surface area contributed by atoms with E-state index < -0.39 is 0 Å². The zero-order chi connectivity index (χ0) is 10.2. The van der Waals surface area contributed by atoms with E-state index in [1.165, 1.54) is 5.75 Å². The summed E-state index contributed by atoms with van der Waals surface area (Å²) in [7, 11) is 0. The molecule has 0 amide bonds. The van der Waals surface area contributed by atoms with E-state index in [0.29, 0.717) is 4.75 Å². The molecule has 0 rings (SSSR count). The van der Waals surface area contributed by atoms with E-state index in [1.54, 1.807) is 0 Å². The van der Waals surface area contributed by atoms with Gasteiger partial charge in [-0.25, -0.2) is 0 Å². The van der Waals surface area contributed by atoms with Gasteiger partial charge >= 0.3 is 0 Å². The average Bonchev–Trinajstić information content (AvgIpc) is 2.01. The van der Waals surface area contributed by atoms with Gasteiger partial charge in [-0.15, -0.1) is 0 Å². The van der Waals surface area contributed by atoms with Crippen LogP contribution in [0.15, 0.2) is 0 Å². The van der Waals surface area contributed by atoms with Crippen LogP contribution in [0, 0.1) is 0 Å². The van der Waals surface area contributed by atoms with Crippen molar-refractivity contribution < 1.29 is 4.74 Å². The fourth-order valence-corrected chi connectivity index (χ4v) is 1.70. The van der Waals surface area contributed by atoms with Gasteiger partial charge in [-0.1, -0.05) is 20.8 Å². The van der Waals surface area contributed by atoms with Gasteiger partial charge in [0.2, 0.25) is 0 Å². The molecular formula is C10H23NOS. The number of ether oxygens (including phenoxy) is 1. The first kappa shape index (κ1) is 13.3. The van der Waals surface area contributed by atoms with Crippen molar-refractivity contribution in [2.45, 2.75) is 32.4 Å². The van der Waals surface area contributed by atoms with E-state index in [-0.39, 0.29) is 0 Å². The molecule has 80 valence electrons. The molecule has 0 aromatic rings. The molecular weight excluding hydrogens is 182 g/mol. The normalized spacial score (nSPS) is 12.0. The van der Waals surface area contributed by atoms with E-state index in [9.17, 15) is 0 Å². The minimum absolute atomic E-state index is 0.390. The first-order valence-electron chi connectivity index (χ1n) is 4.98. The van der Waals surface area contributed by atoms with Crippen molar-refractivity contribution >= 4 is 11.8 Å². The van der Waals surface area contributed by atoms with Crippen LogP contribution in [0.5, 0.6) is 0 Å². The number of nitrogens with one attached hydrogen (secondary N) is 1. The summed E-state index contributed by atoms with van der Waals surface area (Å²) in [5.74, 6) is 1.18. The molecule has 0 aliphatic heterocycles. The molecule has 0 heterocycles. The summed E-state index contributed by atoms with van der Waals surface area (Å²) in [5.41, 5.74) is 0. The van der Waals surface area contributed by atoms with Crippen LogP contribution in [0.2, 0.25) is 0 Å². The monoisotopic (exact) mass is 205 g/mol. The molecule has 13 heavy (non-hydrogen) atoms. The highest BCUT2D eigenvalue weighted by Crippen LogP contribution is 2.21. The molecule has 3 heteroatoms. The predicted molar refractivity (Wildman–Crippen MR) is 61.6 cm³/mol. The SMILES string of the molecule is CCOCCNCCSC(C)(C)C. The predicted octanol–water partition coefficient (Wildman–Crippen LogP) is 2.14. The molecule has 0 saturated carbocycles. The minimum atomic E-state index is 0.390. The van der Waals surface area contributed by atoms with Crippen molar-refractivity contribution in [3.63, 3.8) is 0 Å². The van der Waals surface area contributed by atoms with Crippen LogP contribution in [-0.4, -0.2) is 36.8 Å². The van der Waals surface area contributed by atoms with Gasteiger partial charge in [-0.3, -0.25) is 0 Å². The lowest BCUT2D eigenvalue weighted by Gasteiger charge is -2.17. The van der Waals surface area contributed by atoms with Crippen molar-refractivity contribution in [3.8, 4) is 0 Å². The van der Waals surface area contributed by atoms with Crippen LogP contribution >= 0.6 is 11.8 Å². The molecule has 0 aliphatic carbocycles. The van der Waals surface area contributed by atoms with Crippen molar-refractivity contribution in [3.05, 3.63) is 0 Å². The third kappa shape index (κ3) is 12.3. The summed E-state index contributed by atoms with van der Waals surface area (Å²) in [4.78, 5) is 0. The van der Waals surface area contributed by atoms with Gasteiger partial charge in [0.15, 0.2) is 0 Å². The van der Waals surface area contributed by atoms with E-state index in [0.717, 1.165) is 26.3 Å². The lowest BCUT2D eigenvalue weighted by molar-refractivity contribution is 0.150. The maximum absolute atomic E-state index is 5.21. The standard InChI is InChI=1S/C10H23NOS/c1-5-12-8-6-11-7-9-13-10(2,3)4/h11H,5-9H2,1-4H3. The highest BCUT2D eigenvalue weighted by molar-refractivity contribution is 8.00. The topological polar surface area (TPSA) is 21.3 Å². The summed E-state index contributed by atoms with van der Waals surface area (Å²) in [6.07, 6.45) is 0. The Morgan fingerprint density at radius 3 is 2.46 bits per heavy atom. The van der Waals surface area contributed by atoms with E-state index in [2.05, 4.69) is 26.1 Å². The van der Waals surface area contributed by atoms with E-state index in [1.807, 2.05) is 18.7 Å². The van der Waals surface area contributed by atoms with Crippen molar-refractivity contribution in [2.75, 3.05) is 32.1 Å². The molecule has 0 atom stereocenters. The van der Waals surface area contributed by atoms with Crippen LogP contribution in [-0.2, 0) is 4.74 Å². The Labute approximate surface area is 86.8 Å². The summed E-state index contributed by atoms with van der Waals surface area (Å²) >= 11 is 1.99. The molecule has 1 N–H and O–H groups in total. The molecule has 0 unspecified atom stereocenters. The second kappa shape index (κ2) is 7.65. The van der Waals surface area contributed by atoms with Crippen LogP contribution in [0.3, 0.4) is 0 Å². The van der Waals surface area contributed by atoms with Gasteiger partial charge in [0.05, 0.1) is 6.61 Å². The Hall–Kier alpha value is 0.270. The Balaban J connectivity index is 3.00. The third-order valence-electron chi connectivity index (χ3n) is 1.44. The van der Waals surface area contributed by atoms with E-state index in [4.69, 9.17) is 4.74 Å². The molecule has 0 spiro atoms. The summed E-state index contributed by atoms with van der Waals surface area (Å²) in [5, 5.41) is 3.35. The van der Waals surface area contributed by atoms with E-state index >= 15 is 0 Å². The Morgan fingerprint density at radius 2 is 1.92 bits per heavy atom. The zero-order valence-electron chi connectivity index (χ0n) is 9.35. The number of hydrogen-bond acceptors (Lipinski definition) is 3. The number of hydrogen-bond donors (Lipinski definition) is 1. The van der Waals surface area contributed by atoms with Crippen molar-refractivity contribution in [2.24, 2.45) is 0 Å². The molecule has 0 fully saturated rings. The molecule has 0 bridgehead atoms. The Bertz CT molecular complexity index is 112. The summed E-state index contributed by atoms with van der Waals surface area (Å²) < 4.78 is 5.60. The molecule has 0 aromatic heterocycles. The van der Waals surface area contributed by atoms with Gasteiger partial charge in [0, 0.05) is 30.2 Å². The minimum Gasteiger partial charge on any atom is -0.380 e. The first-order valence-corrected chi connectivity index (χ1v) is 5.97. The molecule has 0 radical (unpaired) electrons. The fraction of sp³-hybridized carbons (Fsp3) is 1.00. The average molecular weight is 205 g/mol. The lowest BCUT2D eigenvalue weighted by atomic mass is 10.3. The third-order valence-corrected chi connectivity index (χ3v) is 2.72. The molecule has 0 saturated heterocycles. The highest BCUT2D eigenvalue weighted by Gasteiger charge is 2.08. The second-order valence-electron chi connectivity index (χ2n) is 3.91. The smallest absolute Gasteiger partial charge is 0.0590 e. The largest absolute Gasteiger partial charge is 0.380 e. The quantitative estimate of drug-likeness (QED) is 0.644. The maximum atomic E-state index is 5.21. The summed E-state index contributed by atoms with van der Waals surface area (Å²) in [6, 6.07) is 0. The maximum Gasteiger partial charge on any atom is 0.0590 e. The number of thioether (sulfide) groups is 1. The molecule has 0 aliphatic rings. The highest BCUT2D eigenvalue weighted by atomic mass is 32.2. The van der Waals surface area contributed by atoms with Gasteiger partial charge in [0.1, 0.15) is 0 Å². The van der Waals surface area contributed by atoms with Crippen LogP contribution < -0.4 is 5.32 Å². The second-order valence-corrected chi connectivity index (χ2v) is 5.83. The first-order chi connectivity index (χ1) is 6.06. The van der Waals surface area contributed by atoms with Crippen LogP contribution in [0.1, 0.15) is 27.7 Å². The fourth-order valence-electron chi connectivity index (χ4n) is 0.843.